The van der Waals surface area contributed by atoms with Crippen LogP contribution in [0.4, 0.5) is 5.95 Å². The predicted octanol–water partition coefficient (Wildman–Crippen LogP) is 3.28. The number of benzene rings is 1. The summed E-state index contributed by atoms with van der Waals surface area (Å²) in [4.78, 5) is 8.92. The van der Waals surface area contributed by atoms with Crippen LogP contribution in [0.2, 0.25) is 0 Å². The summed E-state index contributed by atoms with van der Waals surface area (Å²) in [6, 6.07) is 9.86. The number of methoxy groups -OCH3 is 1. The maximum Gasteiger partial charge on any atom is 0.223 e. The van der Waals surface area contributed by atoms with Crippen molar-refractivity contribution >= 4 is 5.95 Å². The fourth-order valence-electron chi connectivity index (χ4n) is 1.81. The first kappa shape index (κ1) is 13.3. The molecule has 0 saturated heterocycles. The van der Waals surface area contributed by atoms with Crippen molar-refractivity contribution < 1.29 is 4.74 Å². The van der Waals surface area contributed by atoms with Gasteiger partial charge in [0.05, 0.1) is 12.8 Å². The molecule has 100 valence electrons. The van der Waals surface area contributed by atoms with Gasteiger partial charge in [-0.1, -0.05) is 19.1 Å². The molecule has 1 aromatic carbocycles. The lowest BCUT2D eigenvalue weighted by Gasteiger charge is -2.08. The highest BCUT2D eigenvalue weighted by molar-refractivity contribution is 5.62. The summed E-state index contributed by atoms with van der Waals surface area (Å²) in [6.07, 6.45) is 1.05. The Morgan fingerprint density at radius 2 is 2.05 bits per heavy atom. The van der Waals surface area contributed by atoms with Gasteiger partial charge in [-0.25, -0.2) is 9.97 Å². The first-order valence-corrected chi connectivity index (χ1v) is 6.47. The van der Waals surface area contributed by atoms with E-state index in [2.05, 4.69) is 22.2 Å². The number of aryl methyl sites for hydroxylation is 1. The van der Waals surface area contributed by atoms with Gasteiger partial charge in [-0.2, -0.15) is 0 Å². The zero-order chi connectivity index (χ0) is 13.7. The van der Waals surface area contributed by atoms with Gasteiger partial charge in [-0.15, -0.1) is 0 Å². The first-order valence-electron chi connectivity index (χ1n) is 6.47. The van der Waals surface area contributed by atoms with E-state index in [1.165, 1.54) is 0 Å². The number of hydrogen-bond donors (Lipinski definition) is 1. The molecule has 0 bridgehead atoms. The first-order chi connectivity index (χ1) is 9.22. The second kappa shape index (κ2) is 6.18. The minimum atomic E-state index is 0.680. The summed E-state index contributed by atoms with van der Waals surface area (Å²) in [6.45, 7) is 4.97. The highest BCUT2D eigenvalue weighted by Crippen LogP contribution is 2.23. The second-order valence-electron chi connectivity index (χ2n) is 4.38. The lowest BCUT2D eigenvalue weighted by molar-refractivity contribution is 0.415. The molecule has 4 heteroatoms. The van der Waals surface area contributed by atoms with Crippen LogP contribution in [0.3, 0.4) is 0 Å². The van der Waals surface area contributed by atoms with Crippen LogP contribution in [0.25, 0.3) is 11.3 Å². The van der Waals surface area contributed by atoms with Crippen LogP contribution in [0, 0.1) is 6.92 Å². The minimum Gasteiger partial charge on any atom is -0.497 e. The number of nitrogens with zero attached hydrogens (tertiary/aromatic N) is 2. The summed E-state index contributed by atoms with van der Waals surface area (Å²) in [5.41, 5.74) is 2.89. The quantitative estimate of drug-likeness (QED) is 0.893. The van der Waals surface area contributed by atoms with E-state index in [0.717, 1.165) is 35.7 Å². The molecule has 2 rings (SSSR count). The van der Waals surface area contributed by atoms with E-state index in [-0.39, 0.29) is 0 Å². The molecule has 1 aromatic heterocycles. The fourth-order valence-corrected chi connectivity index (χ4v) is 1.81. The van der Waals surface area contributed by atoms with Gasteiger partial charge in [0.1, 0.15) is 5.75 Å². The molecular formula is C15H19N3O. The molecule has 0 fully saturated rings. The lowest BCUT2D eigenvalue weighted by Crippen LogP contribution is -2.05. The molecule has 0 radical (unpaired) electrons. The second-order valence-corrected chi connectivity index (χ2v) is 4.38. The van der Waals surface area contributed by atoms with Gasteiger partial charge >= 0.3 is 0 Å². The molecule has 0 atom stereocenters. The Balaban J connectivity index is 2.34. The standard InChI is InChI=1S/C15H19N3O/c1-4-8-16-15-17-11(2)9-14(18-15)12-6-5-7-13(10-12)19-3/h5-7,9-10H,4,8H2,1-3H3,(H,16,17,18). The average molecular weight is 257 g/mol. The van der Waals surface area contributed by atoms with Gasteiger partial charge in [-0.05, 0) is 31.5 Å². The van der Waals surface area contributed by atoms with Gasteiger partial charge in [0.15, 0.2) is 0 Å². The Bertz CT molecular complexity index is 555. The Kier molecular flexibility index (Phi) is 4.34. The van der Waals surface area contributed by atoms with Crippen molar-refractivity contribution in [1.29, 1.82) is 0 Å². The van der Waals surface area contributed by atoms with Crippen LogP contribution in [0.5, 0.6) is 5.75 Å². The number of anilines is 1. The summed E-state index contributed by atoms with van der Waals surface area (Å²) >= 11 is 0. The molecule has 0 saturated carbocycles. The molecule has 0 unspecified atom stereocenters. The maximum atomic E-state index is 5.24. The molecule has 0 spiro atoms. The monoisotopic (exact) mass is 257 g/mol. The predicted molar refractivity (Wildman–Crippen MR) is 77.5 cm³/mol. The zero-order valence-corrected chi connectivity index (χ0v) is 11.6. The summed E-state index contributed by atoms with van der Waals surface area (Å²) in [7, 11) is 1.67. The molecular weight excluding hydrogens is 238 g/mol. The zero-order valence-electron chi connectivity index (χ0n) is 11.6. The van der Waals surface area contributed by atoms with E-state index >= 15 is 0 Å². The van der Waals surface area contributed by atoms with Crippen LogP contribution in [0.1, 0.15) is 19.0 Å². The van der Waals surface area contributed by atoms with Gasteiger partial charge < -0.3 is 10.1 Å². The fraction of sp³-hybridized carbons (Fsp3) is 0.333. The largest absolute Gasteiger partial charge is 0.497 e. The third-order valence-electron chi connectivity index (χ3n) is 2.75. The van der Waals surface area contributed by atoms with Crippen LogP contribution in [0.15, 0.2) is 30.3 Å². The third kappa shape index (κ3) is 3.44. The van der Waals surface area contributed by atoms with Crippen LogP contribution < -0.4 is 10.1 Å². The number of rotatable bonds is 5. The molecule has 0 aliphatic heterocycles. The van der Waals surface area contributed by atoms with E-state index in [9.17, 15) is 0 Å². The molecule has 0 aliphatic rings. The van der Waals surface area contributed by atoms with E-state index in [4.69, 9.17) is 4.74 Å². The Hall–Kier alpha value is -2.10. The third-order valence-corrected chi connectivity index (χ3v) is 2.75. The molecule has 1 heterocycles. The molecule has 4 nitrogen and oxygen atoms in total. The minimum absolute atomic E-state index is 0.680. The normalized spacial score (nSPS) is 10.3. The summed E-state index contributed by atoms with van der Waals surface area (Å²) in [5, 5.41) is 3.22. The molecule has 1 N–H and O–H groups in total. The van der Waals surface area contributed by atoms with Gasteiger partial charge in [0.25, 0.3) is 0 Å². The van der Waals surface area contributed by atoms with Gasteiger partial charge in [0, 0.05) is 17.8 Å². The van der Waals surface area contributed by atoms with Crippen molar-refractivity contribution in [2.75, 3.05) is 19.0 Å². The summed E-state index contributed by atoms with van der Waals surface area (Å²) in [5.74, 6) is 1.51. The Morgan fingerprint density at radius 1 is 1.21 bits per heavy atom. The number of nitrogens with one attached hydrogen (secondary N) is 1. The van der Waals surface area contributed by atoms with Gasteiger partial charge in [-0.3, -0.25) is 0 Å². The topological polar surface area (TPSA) is 47.0 Å². The van der Waals surface area contributed by atoms with Crippen molar-refractivity contribution in [2.24, 2.45) is 0 Å². The van der Waals surface area contributed by atoms with Crippen LogP contribution in [-0.4, -0.2) is 23.6 Å². The number of ether oxygens (including phenoxy) is 1. The van der Waals surface area contributed by atoms with E-state index in [1.807, 2.05) is 37.3 Å². The molecule has 0 aliphatic carbocycles. The molecule has 0 amide bonds. The van der Waals surface area contributed by atoms with Crippen molar-refractivity contribution in [3.05, 3.63) is 36.0 Å². The Morgan fingerprint density at radius 3 is 2.79 bits per heavy atom. The lowest BCUT2D eigenvalue weighted by atomic mass is 10.1. The van der Waals surface area contributed by atoms with Crippen LogP contribution >= 0.6 is 0 Å². The van der Waals surface area contributed by atoms with E-state index in [0.29, 0.717) is 5.95 Å². The molecule has 2 aromatic rings. The highest BCUT2D eigenvalue weighted by atomic mass is 16.5. The average Bonchev–Trinajstić information content (AvgIpc) is 2.44. The highest BCUT2D eigenvalue weighted by Gasteiger charge is 2.05. The van der Waals surface area contributed by atoms with Crippen LogP contribution in [-0.2, 0) is 0 Å². The van der Waals surface area contributed by atoms with E-state index < -0.39 is 0 Å². The Labute approximate surface area is 113 Å². The van der Waals surface area contributed by atoms with E-state index in [1.54, 1.807) is 7.11 Å². The summed E-state index contributed by atoms with van der Waals surface area (Å²) < 4.78 is 5.24. The smallest absolute Gasteiger partial charge is 0.223 e. The number of aromatic nitrogens is 2. The van der Waals surface area contributed by atoms with Crippen molar-refractivity contribution in [3.8, 4) is 17.0 Å². The van der Waals surface area contributed by atoms with Crippen molar-refractivity contribution in [1.82, 2.24) is 9.97 Å². The maximum absolute atomic E-state index is 5.24. The van der Waals surface area contributed by atoms with Gasteiger partial charge in [0.2, 0.25) is 5.95 Å². The molecule has 19 heavy (non-hydrogen) atoms. The SMILES string of the molecule is CCCNc1nc(C)cc(-c2cccc(OC)c2)n1. The number of hydrogen-bond acceptors (Lipinski definition) is 4. The van der Waals surface area contributed by atoms with Crippen molar-refractivity contribution in [3.63, 3.8) is 0 Å². The van der Waals surface area contributed by atoms with Crippen molar-refractivity contribution in [2.45, 2.75) is 20.3 Å².